The molecule has 0 bridgehead atoms. The van der Waals surface area contributed by atoms with Crippen LogP contribution in [-0.2, 0) is 4.79 Å². The van der Waals surface area contributed by atoms with E-state index in [-0.39, 0.29) is 11.3 Å². The largest absolute Gasteiger partial charge is 0.508 e. The summed E-state index contributed by atoms with van der Waals surface area (Å²) in [6.07, 6.45) is -1.70. The maximum absolute atomic E-state index is 10.5. The van der Waals surface area contributed by atoms with Gasteiger partial charge in [-0.05, 0) is 24.6 Å². The SMILES string of the molecule is Cc1cc(O)c(C(O)C(=O)O)cc1Br. The quantitative estimate of drug-likeness (QED) is 0.755. The van der Waals surface area contributed by atoms with Gasteiger partial charge >= 0.3 is 5.97 Å². The molecule has 0 aliphatic heterocycles. The van der Waals surface area contributed by atoms with E-state index in [1.54, 1.807) is 6.92 Å². The molecular weight excluding hydrogens is 252 g/mol. The minimum Gasteiger partial charge on any atom is -0.508 e. The Morgan fingerprint density at radius 2 is 2.07 bits per heavy atom. The van der Waals surface area contributed by atoms with Crippen LogP contribution < -0.4 is 0 Å². The lowest BCUT2D eigenvalue weighted by Gasteiger charge is -2.10. The molecule has 0 radical (unpaired) electrons. The van der Waals surface area contributed by atoms with E-state index < -0.39 is 12.1 Å². The first kappa shape index (κ1) is 11.0. The normalized spacial score (nSPS) is 12.5. The van der Waals surface area contributed by atoms with Crippen molar-refractivity contribution in [1.29, 1.82) is 0 Å². The molecule has 0 fully saturated rings. The summed E-state index contributed by atoms with van der Waals surface area (Å²) in [7, 11) is 0. The molecule has 0 saturated heterocycles. The fourth-order valence-electron chi connectivity index (χ4n) is 1.03. The second-order valence-corrected chi connectivity index (χ2v) is 3.76. The number of aliphatic carboxylic acids is 1. The van der Waals surface area contributed by atoms with E-state index in [2.05, 4.69) is 15.9 Å². The zero-order chi connectivity index (χ0) is 10.9. The zero-order valence-corrected chi connectivity index (χ0v) is 8.95. The van der Waals surface area contributed by atoms with E-state index in [0.29, 0.717) is 4.47 Å². The van der Waals surface area contributed by atoms with Crippen molar-refractivity contribution < 1.29 is 20.1 Å². The summed E-state index contributed by atoms with van der Waals surface area (Å²) in [5.41, 5.74) is 0.749. The van der Waals surface area contributed by atoms with Gasteiger partial charge in [-0.3, -0.25) is 0 Å². The molecule has 0 heterocycles. The molecule has 1 atom stereocenters. The number of hydrogen-bond acceptors (Lipinski definition) is 3. The maximum atomic E-state index is 10.5. The van der Waals surface area contributed by atoms with Gasteiger partial charge in [0, 0.05) is 10.0 Å². The van der Waals surface area contributed by atoms with Crippen LogP contribution in [0, 0.1) is 6.92 Å². The molecule has 0 aliphatic carbocycles. The van der Waals surface area contributed by atoms with Gasteiger partial charge in [-0.2, -0.15) is 0 Å². The number of aliphatic hydroxyl groups is 1. The summed E-state index contributed by atoms with van der Waals surface area (Å²) in [4.78, 5) is 10.5. The van der Waals surface area contributed by atoms with Gasteiger partial charge in [0.25, 0.3) is 0 Å². The van der Waals surface area contributed by atoms with E-state index in [1.807, 2.05) is 0 Å². The van der Waals surface area contributed by atoms with Crippen molar-refractivity contribution in [2.24, 2.45) is 0 Å². The fourth-order valence-corrected chi connectivity index (χ4v) is 1.39. The van der Waals surface area contributed by atoms with Gasteiger partial charge < -0.3 is 15.3 Å². The van der Waals surface area contributed by atoms with E-state index >= 15 is 0 Å². The lowest BCUT2D eigenvalue weighted by atomic mass is 10.1. The highest BCUT2D eigenvalue weighted by molar-refractivity contribution is 9.10. The molecular formula is C9H9BrO4. The van der Waals surface area contributed by atoms with Crippen LogP contribution in [0.25, 0.3) is 0 Å². The monoisotopic (exact) mass is 260 g/mol. The minimum absolute atomic E-state index is 0.0185. The molecule has 1 aromatic carbocycles. The van der Waals surface area contributed by atoms with Crippen LogP contribution in [0.3, 0.4) is 0 Å². The van der Waals surface area contributed by atoms with Crippen molar-refractivity contribution in [3.05, 3.63) is 27.7 Å². The minimum atomic E-state index is -1.70. The summed E-state index contributed by atoms with van der Waals surface area (Å²) in [5.74, 6) is -1.61. The average Bonchev–Trinajstić information content (AvgIpc) is 2.10. The number of hydrogen-bond donors (Lipinski definition) is 3. The van der Waals surface area contributed by atoms with Crippen LogP contribution >= 0.6 is 15.9 Å². The molecule has 0 spiro atoms. The topological polar surface area (TPSA) is 77.8 Å². The average molecular weight is 261 g/mol. The number of carboxylic acid groups (broad SMARTS) is 1. The van der Waals surface area contributed by atoms with E-state index in [4.69, 9.17) is 5.11 Å². The van der Waals surface area contributed by atoms with Gasteiger partial charge in [0.2, 0.25) is 0 Å². The molecule has 1 rings (SSSR count). The first-order valence-electron chi connectivity index (χ1n) is 3.83. The Balaban J connectivity index is 3.22. The summed E-state index contributed by atoms with van der Waals surface area (Å²) in [6.45, 7) is 1.75. The molecule has 0 amide bonds. The third-order valence-corrected chi connectivity index (χ3v) is 2.69. The first-order valence-corrected chi connectivity index (χ1v) is 4.62. The Morgan fingerprint density at radius 3 is 2.57 bits per heavy atom. The van der Waals surface area contributed by atoms with Crippen molar-refractivity contribution in [3.63, 3.8) is 0 Å². The highest BCUT2D eigenvalue weighted by atomic mass is 79.9. The van der Waals surface area contributed by atoms with E-state index in [0.717, 1.165) is 5.56 Å². The number of phenols is 1. The van der Waals surface area contributed by atoms with Crippen LogP contribution in [0.4, 0.5) is 0 Å². The summed E-state index contributed by atoms with van der Waals surface area (Å²) in [5, 5.41) is 27.1. The van der Waals surface area contributed by atoms with Crippen LogP contribution in [0.15, 0.2) is 16.6 Å². The number of aliphatic hydroxyl groups excluding tert-OH is 1. The first-order chi connectivity index (χ1) is 6.43. The number of aryl methyl sites for hydroxylation is 1. The second kappa shape index (κ2) is 3.98. The van der Waals surface area contributed by atoms with E-state index in [9.17, 15) is 15.0 Å². The third-order valence-electron chi connectivity index (χ3n) is 1.84. The molecule has 0 aliphatic rings. The molecule has 1 aromatic rings. The van der Waals surface area contributed by atoms with Gasteiger partial charge in [-0.1, -0.05) is 15.9 Å². The van der Waals surface area contributed by atoms with Crippen molar-refractivity contribution in [2.75, 3.05) is 0 Å². The van der Waals surface area contributed by atoms with Crippen LogP contribution in [0.1, 0.15) is 17.2 Å². The number of carbonyl (C=O) groups is 1. The lowest BCUT2D eigenvalue weighted by molar-refractivity contribution is -0.147. The fraction of sp³-hybridized carbons (Fsp3) is 0.222. The predicted octanol–water partition coefficient (Wildman–Crippen LogP) is 1.58. The zero-order valence-electron chi connectivity index (χ0n) is 7.36. The van der Waals surface area contributed by atoms with Crippen molar-refractivity contribution in [1.82, 2.24) is 0 Å². The standard InChI is InChI=1S/C9H9BrO4/c1-4-2-7(11)5(3-6(4)10)8(12)9(13)14/h2-3,8,11-12H,1H3,(H,13,14). The van der Waals surface area contributed by atoms with Gasteiger partial charge in [-0.25, -0.2) is 4.79 Å². The molecule has 76 valence electrons. The molecule has 3 N–H and O–H groups in total. The number of rotatable bonds is 2. The number of aromatic hydroxyl groups is 1. The van der Waals surface area contributed by atoms with Crippen LogP contribution in [0.2, 0.25) is 0 Å². The Labute approximate surface area is 88.9 Å². The number of benzene rings is 1. The van der Waals surface area contributed by atoms with Crippen LogP contribution in [-0.4, -0.2) is 21.3 Å². The highest BCUT2D eigenvalue weighted by Gasteiger charge is 2.20. The van der Waals surface area contributed by atoms with Crippen LogP contribution in [0.5, 0.6) is 5.75 Å². The van der Waals surface area contributed by atoms with Gasteiger partial charge in [-0.15, -0.1) is 0 Å². The van der Waals surface area contributed by atoms with Crippen molar-refractivity contribution in [2.45, 2.75) is 13.0 Å². The molecule has 0 saturated carbocycles. The Hall–Kier alpha value is -1.07. The Bertz CT molecular complexity index is 375. The lowest BCUT2D eigenvalue weighted by Crippen LogP contribution is -2.10. The maximum Gasteiger partial charge on any atom is 0.337 e. The summed E-state index contributed by atoms with van der Waals surface area (Å²) < 4.78 is 0.644. The molecule has 4 nitrogen and oxygen atoms in total. The Morgan fingerprint density at radius 1 is 1.50 bits per heavy atom. The van der Waals surface area contributed by atoms with Crippen molar-refractivity contribution >= 4 is 21.9 Å². The van der Waals surface area contributed by atoms with Gasteiger partial charge in [0.05, 0.1) is 0 Å². The molecule has 14 heavy (non-hydrogen) atoms. The van der Waals surface area contributed by atoms with Gasteiger partial charge in [0.15, 0.2) is 6.10 Å². The van der Waals surface area contributed by atoms with E-state index in [1.165, 1.54) is 12.1 Å². The van der Waals surface area contributed by atoms with Gasteiger partial charge in [0.1, 0.15) is 5.75 Å². The summed E-state index contributed by atoms with van der Waals surface area (Å²) in [6, 6.07) is 2.79. The van der Waals surface area contributed by atoms with Crippen molar-refractivity contribution in [3.8, 4) is 5.75 Å². The predicted molar refractivity (Wildman–Crippen MR) is 53.1 cm³/mol. The highest BCUT2D eigenvalue weighted by Crippen LogP contribution is 2.30. The Kier molecular flexibility index (Phi) is 3.13. The summed E-state index contributed by atoms with van der Waals surface area (Å²) >= 11 is 3.18. The molecule has 1 unspecified atom stereocenters. The number of halogens is 1. The smallest absolute Gasteiger partial charge is 0.337 e. The molecule has 5 heteroatoms. The number of phenolic OH excluding ortho intramolecular Hbond substituents is 1. The second-order valence-electron chi connectivity index (χ2n) is 2.90. The number of carboxylic acids is 1. The third kappa shape index (κ3) is 2.05. The molecule has 0 aromatic heterocycles.